The lowest BCUT2D eigenvalue weighted by atomic mass is 10.0. The van der Waals surface area contributed by atoms with E-state index in [1.165, 1.54) is 11.1 Å². The Kier molecular flexibility index (Phi) is 7.66. The number of rotatable bonds is 8. The van der Waals surface area contributed by atoms with Gasteiger partial charge in [0.25, 0.3) is 0 Å². The number of hydrogen-bond acceptors (Lipinski definition) is 4. The fraction of sp³-hybridized carbons (Fsp3) is 0.545. The molecular weight excluding hydrogens is 364 g/mol. The van der Waals surface area contributed by atoms with Crippen molar-refractivity contribution in [2.75, 3.05) is 39.4 Å². The predicted molar refractivity (Wildman–Crippen MR) is 117 cm³/mol. The summed E-state index contributed by atoms with van der Waals surface area (Å²) in [7, 11) is 0. The largest absolute Gasteiger partial charge is 0.379 e. The van der Waals surface area contributed by atoms with Crippen LogP contribution in [0.1, 0.15) is 31.9 Å². The Bertz CT molecular complexity index is 748. The molecule has 2 N–H and O–H groups in total. The van der Waals surface area contributed by atoms with Gasteiger partial charge in [0.05, 0.1) is 26.1 Å². The van der Waals surface area contributed by atoms with Crippen LogP contribution in [0.5, 0.6) is 0 Å². The molecule has 3 rings (SSSR count). The van der Waals surface area contributed by atoms with Crippen LogP contribution in [-0.4, -0.2) is 65.3 Å². The van der Waals surface area contributed by atoms with Crippen molar-refractivity contribution in [1.82, 2.24) is 25.1 Å². The van der Waals surface area contributed by atoms with Crippen molar-refractivity contribution in [3.63, 3.8) is 0 Å². The van der Waals surface area contributed by atoms with E-state index in [-0.39, 0.29) is 5.54 Å². The van der Waals surface area contributed by atoms with Crippen LogP contribution in [0.25, 0.3) is 0 Å². The van der Waals surface area contributed by atoms with Gasteiger partial charge in [-0.1, -0.05) is 24.3 Å². The first-order valence-electron chi connectivity index (χ1n) is 10.5. The first-order valence-corrected chi connectivity index (χ1v) is 10.5. The summed E-state index contributed by atoms with van der Waals surface area (Å²) in [5, 5.41) is 6.87. The van der Waals surface area contributed by atoms with E-state index in [9.17, 15) is 0 Å². The predicted octanol–water partition coefficient (Wildman–Crippen LogP) is 2.10. The first kappa shape index (κ1) is 21.3. The Labute approximate surface area is 174 Å². The van der Waals surface area contributed by atoms with Crippen molar-refractivity contribution in [2.45, 2.75) is 39.4 Å². The standard InChI is InChI=1S/C22H34N6O/c1-4-24-21(26-17-22(2,3)28-11-13-29-14-12-28)25-15-19-5-7-20(8-6-19)16-27-10-9-23-18-27/h5-10,18H,4,11-17H2,1-3H3,(H2,24,25,26). The number of hydrogen-bond donors (Lipinski definition) is 2. The lowest BCUT2D eigenvalue weighted by molar-refractivity contribution is -0.00834. The lowest BCUT2D eigenvalue weighted by Gasteiger charge is -2.41. The molecule has 1 aliphatic rings. The Balaban J connectivity index is 1.54. The topological polar surface area (TPSA) is 66.7 Å². The number of ether oxygens (including phenoxy) is 1. The van der Waals surface area contributed by atoms with Crippen molar-refractivity contribution in [2.24, 2.45) is 4.99 Å². The van der Waals surface area contributed by atoms with Gasteiger partial charge < -0.3 is 19.9 Å². The molecule has 29 heavy (non-hydrogen) atoms. The number of nitrogens with zero attached hydrogens (tertiary/aromatic N) is 4. The van der Waals surface area contributed by atoms with Gasteiger partial charge in [-0.05, 0) is 31.9 Å². The number of aliphatic imine (C=N–C) groups is 1. The second-order valence-electron chi connectivity index (χ2n) is 8.01. The van der Waals surface area contributed by atoms with E-state index in [4.69, 9.17) is 9.73 Å². The Morgan fingerprint density at radius 3 is 2.52 bits per heavy atom. The van der Waals surface area contributed by atoms with Crippen molar-refractivity contribution in [1.29, 1.82) is 0 Å². The molecule has 2 aromatic rings. The Hall–Kier alpha value is -2.38. The molecule has 7 nitrogen and oxygen atoms in total. The number of morpholine rings is 1. The molecule has 7 heteroatoms. The summed E-state index contributed by atoms with van der Waals surface area (Å²) < 4.78 is 7.55. The number of benzene rings is 1. The van der Waals surface area contributed by atoms with Gasteiger partial charge in [-0.2, -0.15) is 0 Å². The Morgan fingerprint density at radius 2 is 1.86 bits per heavy atom. The maximum atomic E-state index is 5.48. The summed E-state index contributed by atoms with van der Waals surface area (Å²) >= 11 is 0. The molecule has 1 saturated heterocycles. The molecule has 158 valence electrons. The highest BCUT2D eigenvalue weighted by Crippen LogP contribution is 2.15. The average Bonchev–Trinajstić information content (AvgIpc) is 3.25. The molecule has 1 fully saturated rings. The summed E-state index contributed by atoms with van der Waals surface area (Å²) in [6.45, 7) is 13.4. The third-order valence-corrected chi connectivity index (χ3v) is 5.27. The van der Waals surface area contributed by atoms with E-state index in [2.05, 4.69) is 70.1 Å². The number of aromatic nitrogens is 2. The minimum atomic E-state index is 0.0505. The van der Waals surface area contributed by atoms with Crippen LogP contribution >= 0.6 is 0 Å². The van der Waals surface area contributed by atoms with Crippen LogP contribution in [0, 0.1) is 0 Å². The van der Waals surface area contributed by atoms with Crippen molar-refractivity contribution >= 4 is 5.96 Å². The summed E-state index contributed by atoms with van der Waals surface area (Å²) in [5.74, 6) is 0.858. The van der Waals surface area contributed by atoms with Crippen LogP contribution in [-0.2, 0) is 17.8 Å². The normalized spacial score (nSPS) is 16.0. The van der Waals surface area contributed by atoms with E-state index in [1.54, 1.807) is 6.20 Å². The van der Waals surface area contributed by atoms with Gasteiger partial charge in [-0.3, -0.25) is 4.90 Å². The molecule has 0 unspecified atom stereocenters. The third kappa shape index (κ3) is 6.58. The summed E-state index contributed by atoms with van der Waals surface area (Å²) in [5.41, 5.74) is 2.51. The monoisotopic (exact) mass is 398 g/mol. The number of guanidine groups is 1. The summed E-state index contributed by atoms with van der Waals surface area (Å²) in [6, 6.07) is 8.62. The molecule has 0 atom stereocenters. The minimum absolute atomic E-state index is 0.0505. The zero-order valence-electron chi connectivity index (χ0n) is 17.9. The van der Waals surface area contributed by atoms with E-state index in [1.807, 2.05) is 12.5 Å². The maximum Gasteiger partial charge on any atom is 0.191 e. The minimum Gasteiger partial charge on any atom is -0.379 e. The van der Waals surface area contributed by atoms with E-state index >= 15 is 0 Å². The zero-order chi connectivity index (χ0) is 20.5. The molecule has 0 amide bonds. The highest BCUT2D eigenvalue weighted by Gasteiger charge is 2.28. The quantitative estimate of drug-likeness (QED) is 0.527. The average molecular weight is 399 g/mol. The smallest absolute Gasteiger partial charge is 0.191 e. The van der Waals surface area contributed by atoms with E-state index in [0.29, 0.717) is 6.54 Å². The number of imidazole rings is 1. The van der Waals surface area contributed by atoms with Crippen molar-refractivity contribution < 1.29 is 4.74 Å². The molecule has 1 aromatic carbocycles. The van der Waals surface area contributed by atoms with E-state index < -0.39 is 0 Å². The van der Waals surface area contributed by atoms with Crippen LogP contribution < -0.4 is 10.6 Å². The molecule has 0 spiro atoms. The SMILES string of the molecule is CCNC(=NCc1ccc(Cn2ccnc2)cc1)NCC(C)(C)N1CCOCC1. The fourth-order valence-corrected chi connectivity index (χ4v) is 3.43. The summed E-state index contributed by atoms with van der Waals surface area (Å²) in [6.07, 6.45) is 5.62. The first-order chi connectivity index (χ1) is 14.1. The highest BCUT2D eigenvalue weighted by molar-refractivity contribution is 5.79. The molecule has 0 bridgehead atoms. The molecule has 1 aromatic heterocycles. The van der Waals surface area contributed by atoms with Crippen molar-refractivity contribution in [3.8, 4) is 0 Å². The third-order valence-electron chi connectivity index (χ3n) is 5.27. The second kappa shape index (κ2) is 10.4. The second-order valence-corrected chi connectivity index (χ2v) is 8.01. The van der Waals surface area contributed by atoms with Gasteiger partial charge in [0, 0.05) is 50.7 Å². The number of nitrogens with one attached hydrogen (secondary N) is 2. The van der Waals surface area contributed by atoms with Gasteiger partial charge in [0.2, 0.25) is 0 Å². The molecular formula is C22H34N6O. The van der Waals surface area contributed by atoms with Gasteiger partial charge in [0.15, 0.2) is 5.96 Å². The molecule has 0 aliphatic carbocycles. The Morgan fingerprint density at radius 1 is 1.14 bits per heavy atom. The molecule has 0 radical (unpaired) electrons. The van der Waals surface area contributed by atoms with E-state index in [0.717, 1.165) is 51.9 Å². The van der Waals surface area contributed by atoms with Gasteiger partial charge in [-0.25, -0.2) is 9.98 Å². The fourth-order valence-electron chi connectivity index (χ4n) is 3.43. The molecule has 1 aliphatic heterocycles. The maximum absolute atomic E-state index is 5.48. The zero-order valence-corrected chi connectivity index (χ0v) is 17.9. The molecule has 0 saturated carbocycles. The van der Waals surface area contributed by atoms with Crippen LogP contribution in [0.3, 0.4) is 0 Å². The van der Waals surface area contributed by atoms with Crippen LogP contribution in [0.4, 0.5) is 0 Å². The highest BCUT2D eigenvalue weighted by atomic mass is 16.5. The molecule has 2 heterocycles. The van der Waals surface area contributed by atoms with Gasteiger partial charge in [-0.15, -0.1) is 0 Å². The van der Waals surface area contributed by atoms with Crippen LogP contribution in [0.15, 0.2) is 48.0 Å². The van der Waals surface area contributed by atoms with Crippen molar-refractivity contribution in [3.05, 3.63) is 54.1 Å². The lowest BCUT2D eigenvalue weighted by Crippen LogP contribution is -2.56. The van der Waals surface area contributed by atoms with Crippen LogP contribution in [0.2, 0.25) is 0 Å². The summed E-state index contributed by atoms with van der Waals surface area (Å²) in [4.78, 5) is 11.3. The van der Waals surface area contributed by atoms with Gasteiger partial charge in [0.1, 0.15) is 0 Å². The van der Waals surface area contributed by atoms with Gasteiger partial charge >= 0.3 is 0 Å².